The van der Waals surface area contributed by atoms with Gasteiger partial charge in [-0.3, -0.25) is 4.98 Å². The van der Waals surface area contributed by atoms with E-state index in [0.717, 1.165) is 28.2 Å². The van der Waals surface area contributed by atoms with Crippen LogP contribution in [-0.2, 0) is 0 Å². The van der Waals surface area contributed by atoms with E-state index in [2.05, 4.69) is 25.4 Å². The van der Waals surface area contributed by atoms with Gasteiger partial charge in [0.15, 0.2) is 5.65 Å². The summed E-state index contributed by atoms with van der Waals surface area (Å²) in [6.45, 7) is 2.17. The number of pyridine rings is 1. The zero-order valence-electron chi connectivity index (χ0n) is 16.7. The minimum atomic E-state index is -0.736. The number of halogens is 1. The summed E-state index contributed by atoms with van der Waals surface area (Å²) in [5, 5.41) is 19.4. The molecule has 0 saturated heterocycles. The fourth-order valence-electron chi connectivity index (χ4n) is 3.58. The van der Waals surface area contributed by atoms with Crippen molar-refractivity contribution in [3.63, 3.8) is 0 Å². The quantitative estimate of drug-likeness (QED) is 0.388. The number of aliphatic hydroxyl groups excluding tert-OH is 1. The summed E-state index contributed by atoms with van der Waals surface area (Å²) in [6, 6.07) is 11.0. The molecule has 5 rings (SSSR count). The topological polar surface area (TPSA) is 91.1 Å². The van der Waals surface area contributed by atoms with Crippen molar-refractivity contribution in [1.29, 1.82) is 0 Å². The normalized spacial score (nSPS) is 12.1. The first kappa shape index (κ1) is 20.8. The lowest BCUT2D eigenvalue weighted by molar-refractivity contribution is 0.193. The van der Waals surface area contributed by atoms with Gasteiger partial charge in [0.2, 0.25) is 0 Å². The molecular weight excluding hydrogens is 415 g/mol. The lowest BCUT2D eigenvalue weighted by atomic mass is 10.1. The summed E-state index contributed by atoms with van der Waals surface area (Å²) >= 11 is 0. The average molecular weight is 437 g/mol. The Morgan fingerprint density at radius 2 is 2.03 bits per heavy atom. The zero-order chi connectivity index (χ0) is 20.7. The highest BCUT2D eigenvalue weighted by Gasteiger charge is 2.15. The molecule has 0 aliphatic heterocycles. The van der Waals surface area contributed by atoms with Gasteiger partial charge < -0.3 is 15.4 Å². The summed E-state index contributed by atoms with van der Waals surface area (Å²) in [5.41, 5.74) is 4.47. The van der Waals surface area contributed by atoms with Gasteiger partial charge in [0, 0.05) is 52.6 Å². The maximum Gasteiger partial charge on any atom is 0.160 e. The Morgan fingerprint density at radius 1 is 1.19 bits per heavy atom. The SMILES string of the molecule is Cc1cnn2c(NC[C@H](O)c3c[nH]c4ccccc34)cc(-c3cncc(F)c3)nc12.S. The smallest absolute Gasteiger partial charge is 0.160 e. The van der Waals surface area contributed by atoms with Gasteiger partial charge in [-0.15, -0.1) is 0 Å². The lowest BCUT2D eigenvalue weighted by Gasteiger charge is -2.14. The lowest BCUT2D eigenvalue weighted by Crippen LogP contribution is -2.14. The largest absolute Gasteiger partial charge is 0.386 e. The van der Waals surface area contributed by atoms with E-state index in [4.69, 9.17) is 0 Å². The molecular formula is C22H21FN6OS. The summed E-state index contributed by atoms with van der Waals surface area (Å²) in [5.74, 6) is 0.218. The molecule has 0 fully saturated rings. The van der Waals surface area contributed by atoms with Gasteiger partial charge in [0.25, 0.3) is 0 Å². The third-order valence-electron chi connectivity index (χ3n) is 5.11. The monoisotopic (exact) mass is 436 g/mol. The molecule has 1 aromatic carbocycles. The number of fused-ring (bicyclic) bond motifs is 2. The van der Waals surface area contributed by atoms with Crippen LogP contribution in [-0.4, -0.2) is 36.2 Å². The van der Waals surface area contributed by atoms with Crippen molar-refractivity contribution in [2.45, 2.75) is 13.0 Å². The number of aryl methyl sites for hydroxylation is 1. The van der Waals surface area contributed by atoms with Gasteiger partial charge in [-0.1, -0.05) is 18.2 Å². The van der Waals surface area contributed by atoms with Crippen molar-refractivity contribution >= 4 is 35.9 Å². The molecule has 31 heavy (non-hydrogen) atoms. The first-order chi connectivity index (χ1) is 14.6. The molecule has 9 heteroatoms. The number of aromatic nitrogens is 5. The summed E-state index contributed by atoms with van der Waals surface area (Å²) in [4.78, 5) is 11.7. The van der Waals surface area contributed by atoms with E-state index < -0.39 is 11.9 Å². The number of aliphatic hydroxyl groups is 1. The molecule has 0 aliphatic rings. The Morgan fingerprint density at radius 3 is 2.87 bits per heavy atom. The third-order valence-corrected chi connectivity index (χ3v) is 5.11. The Bertz CT molecular complexity index is 1360. The predicted octanol–water partition coefficient (Wildman–Crippen LogP) is 3.98. The molecule has 0 saturated carbocycles. The van der Waals surface area contributed by atoms with Gasteiger partial charge in [0.05, 0.1) is 24.2 Å². The molecule has 4 heterocycles. The summed E-state index contributed by atoms with van der Waals surface area (Å²) in [6.07, 6.45) is 5.53. The minimum absolute atomic E-state index is 0. The van der Waals surface area contributed by atoms with Crippen LogP contribution in [0.2, 0.25) is 0 Å². The van der Waals surface area contributed by atoms with E-state index in [1.54, 1.807) is 23.0 Å². The number of hydrogen-bond donors (Lipinski definition) is 3. The van der Waals surface area contributed by atoms with Gasteiger partial charge in [-0.05, 0) is 19.1 Å². The number of anilines is 1. The van der Waals surface area contributed by atoms with Crippen LogP contribution in [0.4, 0.5) is 10.2 Å². The molecule has 0 bridgehead atoms. The van der Waals surface area contributed by atoms with E-state index >= 15 is 0 Å². The van der Waals surface area contributed by atoms with Crippen LogP contribution in [0.5, 0.6) is 0 Å². The third kappa shape index (κ3) is 3.85. The fourth-order valence-corrected chi connectivity index (χ4v) is 3.58. The highest BCUT2D eigenvalue weighted by molar-refractivity contribution is 7.59. The molecule has 0 unspecified atom stereocenters. The number of H-pyrrole nitrogens is 1. The van der Waals surface area contributed by atoms with Crippen LogP contribution in [0.25, 0.3) is 27.8 Å². The molecule has 0 amide bonds. The van der Waals surface area contributed by atoms with Crippen LogP contribution in [0.1, 0.15) is 17.2 Å². The maximum atomic E-state index is 13.7. The highest BCUT2D eigenvalue weighted by atomic mass is 32.1. The van der Waals surface area contributed by atoms with Crippen molar-refractivity contribution < 1.29 is 9.50 Å². The molecule has 7 nitrogen and oxygen atoms in total. The number of benzene rings is 1. The molecule has 5 aromatic rings. The van der Waals surface area contributed by atoms with E-state index in [1.165, 1.54) is 6.07 Å². The van der Waals surface area contributed by atoms with E-state index in [-0.39, 0.29) is 20.0 Å². The second-order valence-corrected chi connectivity index (χ2v) is 7.17. The van der Waals surface area contributed by atoms with Gasteiger partial charge in [-0.2, -0.15) is 23.1 Å². The van der Waals surface area contributed by atoms with Gasteiger partial charge in [0.1, 0.15) is 11.6 Å². The molecule has 1 atom stereocenters. The first-order valence-corrected chi connectivity index (χ1v) is 9.54. The standard InChI is InChI=1S/C22H19FN6O.H2S/c1-13-8-27-29-21(7-19(28-22(13)29)14-6-15(23)10-24-9-14)26-12-20(30)17-11-25-18-5-3-2-4-16(17)18;/h2-11,20,25-26,30H,12H2,1H3;1H2/t20-;/m0./s1. The second kappa shape index (κ2) is 8.37. The summed E-state index contributed by atoms with van der Waals surface area (Å²) < 4.78 is 15.3. The molecule has 4 aromatic heterocycles. The van der Waals surface area contributed by atoms with Gasteiger partial charge >= 0.3 is 0 Å². The Balaban J connectivity index is 0.00000231. The zero-order valence-corrected chi connectivity index (χ0v) is 17.7. The van der Waals surface area contributed by atoms with Crippen LogP contribution in [0, 0.1) is 12.7 Å². The number of hydrogen-bond acceptors (Lipinski definition) is 5. The highest BCUT2D eigenvalue weighted by Crippen LogP contribution is 2.26. The Hall–Kier alpha value is -3.43. The van der Waals surface area contributed by atoms with E-state index in [9.17, 15) is 9.50 Å². The summed E-state index contributed by atoms with van der Waals surface area (Å²) in [7, 11) is 0. The van der Waals surface area contributed by atoms with Crippen molar-refractivity contribution in [2.75, 3.05) is 11.9 Å². The molecule has 158 valence electrons. The van der Waals surface area contributed by atoms with Crippen molar-refractivity contribution in [3.05, 3.63) is 78.1 Å². The Labute approximate surface area is 184 Å². The van der Waals surface area contributed by atoms with Crippen molar-refractivity contribution in [3.8, 4) is 11.3 Å². The number of aromatic amines is 1. The number of rotatable bonds is 5. The minimum Gasteiger partial charge on any atom is -0.386 e. The van der Waals surface area contributed by atoms with Crippen LogP contribution >= 0.6 is 13.5 Å². The molecule has 3 N–H and O–H groups in total. The van der Waals surface area contributed by atoms with Crippen molar-refractivity contribution in [2.24, 2.45) is 0 Å². The van der Waals surface area contributed by atoms with E-state index in [1.807, 2.05) is 37.4 Å². The number of para-hydroxylation sites is 1. The first-order valence-electron chi connectivity index (χ1n) is 9.54. The number of nitrogens with zero attached hydrogens (tertiary/aromatic N) is 4. The molecule has 0 aliphatic carbocycles. The molecule has 0 radical (unpaired) electrons. The van der Waals surface area contributed by atoms with Crippen LogP contribution < -0.4 is 5.32 Å². The molecule has 0 spiro atoms. The Kier molecular flexibility index (Phi) is 5.62. The fraction of sp³-hybridized carbons (Fsp3) is 0.136. The van der Waals surface area contributed by atoms with Crippen LogP contribution in [0.3, 0.4) is 0 Å². The van der Waals surface area contributed by atoms with Crippen LogP contribution in [0.15, 0.2) is 61.2 Å². The predicted molar refractivity (Wildman–Crippen MR) is 123 cm³/mol. The second-order valence-electron chi connectivity index (χ2n) is 7.17. The maximum absolute atomic E-state index is 13.7. The van der Waals surface area contributed by atoms with Gasteiger partial charge in [-0.25, -0.2) is 9.37 Å². The average Bonchev–Trinajstić information content (AvgIpc) is 3.36. The number of nitrogens with one attached hydrogen (secondary N) is 2. The van der Waals surface area contributed by atoms with E-state index in [0.29, 0.717) is 22.7 Å². The van der Waals surface area contributed by atoms with Crippen molar-refractivity contribution in [1.82, 2.24) is 24.6 Å².